The van der Waals surface area contributed by atoms with E-state index in [1.165, 1.54) is 48.5 Å². The lowest BCUT2D eigenvalue weighted by atomic mass is 9.75. The van der Waals surface area contributed by atoms with Crippen molar-refractivity contribution in [1.29, 1.82) is 0 Å². The van der Waals surface area contributed by atoms with Crippen molar-refractivity contribution in [1.82, 2.24) is 0 Å². The Hall–Kier alpha value is -3.07. The second-order valence-electron chi connectivity index (χ2n) is 7.92. The zero-order valence-electron chi connectivity index (χ0n) is 17.1. The Kier molecular flexibility index (Phi) is 6.37. The van der Waals surface area contributed by atoms with Gasteiger partial charge in [0.2, 0.25) is 5.91 Å². The van der Waals surface area contributed by atoms with E-state index in [-0.39, 0.29) is 17.8 Å². The predicted octanol–water partition coefficient (Wildman–Crippen LogP) is 2.86. The molecule has 1 heterocycles. The van der Waals surface area contributed by atoms with Gasteiger partial charge >= 0.3 is 7.12 Å². The Morgan fingerprint density at radius 2 is 1.44 bits per heavy atom. The van der Waals surface area contributed by atoms with Gasteiger partial charge in [-0.3, -0.25) is 4.79 Å². The summed E-state index contributed by atoms with van der Waals surface area (Å²) in [5, 5.41) is 29.2. The largest absolute Gasteiger partial charge is 0.488 e. The van der Waals surface area contributed by atoms with Crippen LogP contribution in [0.4, 0.5) is 14.5 Å². The average Bonchev–Trinajstić information content (AvgIpc) is 2.79. The minimum absolute atomic E-state index is 0.140. The van der Waals surface area contributed by atoms with Crippen LogP contribution >= 0.6 is 0 Å². The van der Waals surface area contributed by atoms with Gasteiger partial charge in [0.25, 0.3) is 0 Å². The number of hydrogen-bond donors (Lipinski definition) is 3. The first-order valence-corrected chi connectivity index (χ1v) is 10.3. The highest BCUT2D eigenvalue weighted by Crippen LogP contribution is 2.46. The van der Waals surface area contributed by atoms with Gasteiger partial charge in [-0.1, -0.05) is 36.4 Å². The zero-order valence-corrected chi connectivity index (χ0v) is 17.1. The van der Waals surface area contributed by atoms with Crippen molar-refractivity contribution in [3.05, 3.63) is 95.6 Å². The number of anilines is 1. The number of rotatable bonds is 7. The molecule has 1 amide bonds. The SMILES string of the molecule is O=C1C(CCC(O)c2ccc(F)cc2)[C@H](c2ccc(B(O)O)cc2)N1c1ccc(F)cc1. The molecule has 3 N–H and O–H groups in total. The summed E-state index contributed by atoms with van der Waals surface area (Å²) in [5.74, 6) is -1.35. The molecule has 4 rings (SSSR count). The number of carbonyl (C=O) groups is 1. The quantitative estimate of drug-likeness (QED) is 0.392. The highest BCUT2D eigenvalue weighted by molar-refractivity contribution is 6.58. The van der Waals surface area contributed by atoms with Crippen LogP contribution in [-0.2, 0) is 4.79 Å². The molecule has 0 saturated carbocycles. The van der Waals surface area contributed by atoms with E-state index in [1.807, 2.05) is 0 Å². The van der Waals surface area contributed by atoms with Crippen LogP contribution < -0.4 is 10.4 Å². The van der Waals surface area contributed by atoms with Crippen molar-refractivity contribution in [3.63, 3.8) is 0 Å². The number of aliphatic hydroxyl groups is 1. The van der Waals surface area contributed by atoms with E-state index in [4.69, 9.17) is 0 Å². The minimum Gasteiger partial charge on any atom is -0.423 e. The van der Waals surface area contributed by atoms with Crippen LogP contribution in [0.15, 0.2) is 72.8 Å². The number of amides is 1. The molecule has 1 saturated heterocycles. The van der Waals surface area contributed by atoms with Crippen molar-refractivity contribution in [3.8, 4) is 0 Å². The van der Waals surface area contributed by atoms with Gasteiger partial charge in [-0.25, -0.2) is 8.78 Å². The monoisotopic (exact) mass is 437 g/mol. The molecule has 1 aliphatic heterocycles. The second-order valence-corrected chi connectivity index (χ2v) is 7.92. The van der Waals surface area contributed by atoms with Crippen LogP contribution in [0.5, 0.6) is 0 Å². The van der Waals surface area contributed by atoms with Crippen LogP contribution in [0.2, 0.25) is 0 Å². The predicted molar refractivity (Wildman–Crippen MR) is 117 cm³/mol. The van der Waals surface area contributed by atoms with E-state index in [9.17, 15) is 28.7 Å². The normalized spacial score (nSPS) is 18.9. The molecule has 0 aliphatic carbocycles. The summed E-state index contributed by atoms with van der Waals surface area (Å²) in [5.41, 5.74) is 2.25. The lowest BCUT2D eigenvalue weighted by molar-refractivity contribution is -0.131. The number of aliphatic hydroxyl groups excluding tert-OH is 1. The third-order valence-electron chi connectivity index (χ3n) is 5.90. The molecular formula is C24H22BF2NO4. The summed E-state index contributed by atoms with van der Waals surface area (Å²) in [6, 6.07) is 17.5. The summed E-state index contributed by atoms with van der Waals surface area (Å²) in [7, 11) is -1.60. The highest BCUT2D eigenvalue weighted by Gasteiger charge is 2.48. The molecule has 0 radical (unpaired) electrons. The number of hydrogen-bond acceptors (Lipinski definition) is 4. The molecule has 1 aliphatic rings. The van der Waals surface area contributed by atoms with Gasteiger partial charge in [-0.2, -0.15) is 0 Å². The van der Waals surface area contributed by atoms with Gasteiger partial charge in [0.15, 0.2) is 0 Å². The minimum atomic E-state index is -1.60. The molecule has 0 aromatic heterocycles. The number of nitrogens with zero attached hydrogens (tertiary/aromatic N) is 1. The van der Waals surface area contributed by atoms with Crippen molar-refractivity contribution < 1.29 is 28.7 Å². The summed E-state index contributed by atoms with van der Waals surface area (Å²) in [6.45, 7) is 0. The van der Waals surface area contributed by atoms with E-state index < -0.39 is 25.0 Å². The van der Waals surface area contributed by atoms with Crippen molar-refractivity contribution in [2.75, 3.05) is 4.90 Å². The Morgan fingerprint density at radius 3 is 2.00 bits per heavy atom. The van der Waals surface area contributed by atoms with Gasteiger partial charge < -0.3 is 20.1 Å². The summed E-state index contributed by atoms with van der Waals surface area (Å²) >= 11 is 0. The Balaban J connectivity index is 1.56. The van der Waals surface area contributed by atoms with Gasteiger partial charge in [-0.15, -0.1) is 0 Å². The van der Waals surface area contributed by atoms with Gasteiger partial charge in [0, 0.05) is 5.69 Å². The van der Waals surface area contributed by atoms with Crippen LogP contribution in [-0.4, -0.2) is 28.2 Å². The van der Waals surface area contributed by atoms with Crippen LogP contribution in [0.3, 0.4) is 0 Å². The van der Waals surface area contributed by atoms with Crippen LogP contribution in [0, 0.1) is 17.6 Å². The number of β-lactam (4-membered cyclic amide) rings is 1. The maximum atomic E-state index is 13.4. The number of halogens is 2. The number of benzene rings is 3. The fraction of sp³-hybridized carbons (Fsp3) is 0.208. The molecule has 0 bridgehead atoms. The molecule has 1 fully saturated rings. The van der Waals surface area contributed by atoms with Gasteiger partial charge in [0.1, 0.15) is 11.6 Å². The highest BCUT2D eigenvalue weighted by atomic mass is 19.1. The first-order valence-electron chi connectivity index (χ1n) is 10.3. The molecule has 32 heavy (non-hydrogen) atoms. The topological polar surface area (TPSA) is 81.0 Å². The third-order valence-corrected chi connectivity index (χ3v) is 5.90. The Bertz CT molecular complexity index is 1070. The summed E-state index contributed by atoms with van der Waals surface area (Å²) in [4.78, 5) is 14.6. The molecule has 2 unspecified atom stereocenters. The smallest absolute Gasteiger partial charge is 0.423 e. The average molecular weight is 437 g/mol. The van der Waals surface area contributed by atoms with Crippen molar-refractivity contribution >= 4 is 24.2 Å². The fourth-order valence-corrected chi connectivity index (χ4v) is 4.16. The molecule has 3 aromatic rings. The zero-order chi connectivity index (χ0) is 22.8. The molecule has 3 aromatic carbocycles. The van der Waals surface area contributed by atoms with E-state index in [0.717, 1.165) is 5.56 Å². The Morgan fingerprint density at radius 1 is 0.875 bits per heavy atom. The van der Waals surface area contributed by atoms with Gasteiger partial charge in [0.05, 0.1) is 18.1 Å². The van der Waals surface area contributed by atoms with Crippen molar-refractivity contribution in [2.24, 2.45) is 5.92 Å². The third kappa shape index (κ3) is 4.43. The molecule has 8 heteroatoms. The van der Waals surface area contributed by atoms with E-state index >= 15 is 0 Å². The van der Waals surface area contributed by atoms with Gasteiger partial charge in [-0.05, 0) is 65.8 Å². The second kappa shape index (κ2) is 9.20. The summed E-state index contributed by atoms with van der Waals surface area (Å²) in [6.07, 6.45) is -0.135. The first-order chi connectivity index (χ1) is 15.3. The maximum absolute atomic E-state index is 13.4. The number of carbonyl (C=O) groups excluding carboxylic acids is 1. The molecule has 5 nitrogen and oxygen atoms in total. The van der Waals surface area contributed by atoms with Crippen LogP contribution in [0.25, 0.3) is 0 Å². The molecular weight excluding hydrogens is 415 g/mol. The fourth-order valence-electron chi connectivity index (χ4n) is 4.16. The lowest BCUT2D eigenvalue weighted by Gasteiger charge is -2.48. The van der Waals surface area contributed by atoms with E-state index in [1.54, 1.807) is 29.2 Å². The maximum Gasteiger partial charge on any atom is 0.488 e. The van der Waals surface area contributed by atoms with Crippen LogP contribution in [0.1, 0.15) is 36.1 Å². The molecule has 3 atom stereocenters. The first kappa shape index (κ1) is 22.1. The van der Waals surface area contributed by atoms with Crippen molar-refractivity contribution in [2.45, 2.75) is 25.0 Å². The molecule has 0 spiro atoms. The van der Waals surface area contributed by atoms with E-state index in [2.05, 4.69) is 0 Å². The standard InChI is InChI=1S/C24H22BF2NO4/c26-18-7-3-15(4-8-18)22(29)14-13-21-23(16-1-5-17(6-2-16)25(31)32)28(24(21)30)20-11-9-19(27)10-12-20/h1-12,21-23,29,31-32H,13-14H2/t21?,22?,23-/m0/s1. The molecule has 164 valence electrons. The lowest BCUT2D eigenvalue weighted by Crippen LogP contribution is -2.55. The van der Waals surface area contributed by atoms with E-state index in [0.29, 0.717) is 29.6 Å². The summed E-state index contributed by atoms with van der Waals surface area (Å²) < 4.78 is 26.5. The Labute approximate surface area is 184 Å².